The van der Waals surface area contributed by atoms with E-state index in [1.807, 2.05) is 38.1 Å². The summed E-state index contributed by atoms with van der Waals surface area (Å²) in [6.45, 7) is 7.37. The van der Waals surface area contributed by atoms with Crippen LogP contribution in [0.5, 0.6) is 5.75 Å². The molecule has 25 heavy (non-hydrogen) atoms. The number of carbonyl (C=O) groups excluding carboxylic acids is 2. The van der Waals surface area contributed by atoms with E-state index in [2.05, 4.69) is 11.8 Å². The van der Waals surface area contributed by atoms with Gasteiger partial charge in [0.1, 0.15) is 29.5 Å². The maximum absolute atomic E-state index is 12.3. The van der Waals surface area contributed by atoms with Crippen molar-refractivity contribution in [2.75, 3.05) is 13.1 Å². The number of rotatable bonds is 6. The third-order valence-corrected chi connectivity index (χ3v) is 4.86. The number of unbranched alkanes of at least 4 members (excludes halogenated alkanes) is 1. The standard InChI is InChI=1S/C20H25NO4/c1-4-5-8-16-15-7-6-9-17(18(15)19(23)25-16)24-14-10-11-21(12-14)20(2,3)13-22/h6-9,13-14H,4-5,10-12H2,1-3H3/b16-8-. The number of allylic oxidation sites excluding steroid dienone is 1. The van der Waals surface area contributed by atoms with Crippen LogP contribution in [0.4, 0.5) is 0 Å². The van der Waals surface area contributed by atoms with E-state index in [9.17, 15) is 9.59 Å². The molecule has 0 radical (unpaired) electrons. The second-order valence-electron chi connectivity index (χ2n) is 7.17. The van der Waals surface area contributed by atoms with Gasteiger partial charge < -0.3 is 14.3 Å². The van der Waals surface area contributed by atoms with E-state index in [-0.39, 0.29) is 12.1 Å². The van der Waals surface area contributed by atoms with Crippen molar-refractivity contribution in [2.24, 2.45) is 0 Å². The summed E-state index contributed by atoms with van der Waals surface area (Å²) < 4.78 is 11.5. The number of hydrogen-bond acceptors (Lipinski definition) is 5. The van der Waals surface area contributed by atoms with Crippen LogP contribution < -0.4 is 4.74 Å². The molecule has 134 valence electrons. The molecule has 1 fully saturated rings. The molecule has 0 amide bonds. The number of esters is 1. The minimum atomic E-state index is -0.494. The maximum atomic E-state index is 12.3. The molecule has 0 bridgehead atoms. The quantitative estimate of drug-likeness (QED) is 0.585. The molecule has 1 unspecified atom stereocenters. The number of carbonyl (C=O) groups is 2. The monoisotopic (exact) mass is 343 g/mol. The normalized spacial score (nSPS) is 22.1. The van der Waals surface area contributed by atoms with Crippen LogP contribution in [-0.4, -0.2) is 41.9 Å². The zero-order chi connectivity index (χ0) is 18.0. The van der Waals surface area contributed by atoms with Crippen LogP contribution in [0.2, 0.25) is 0 Å². The van der Waals surface area contributed by atoms with Gasteiger partial charge in [0.2, 0.25) is 0 Å². The number of nitrogens with zero attached hydrogens (tertiary/aromatic N) is 1. The fraction of sp³-hybridized carbons (Fsp3) is 0.500. The number of ether oxygens (including phenoxy) is 2. The average Bonchev–Trinajstić information content (AvgIpc) is 3.19. The van der Waals surface area contributed by atoms with E-state index in [1.165, 1.54) is 0 Å². The fourth-order valence-corrected chi connectivity index (χ4v) is 3.28. The van der Waals surface area contributed by atoms with Gasteiger partial charge in [0.25, 0.3) is 0 Å². The molecule has 1 aromatic carbocycles. The topological polar surface area (TPSA) is 55.8 Å². The minimum Gasteiger partial charge on any atom is -0.488 e. The van der Waals surface area contributed by atoms with E-state index < -0.39 is 5.54 Å². The summed E-state index contributed by atoms with van der Waals surface area (Å²) in [4.78, 5) is 25.7. The molecule has 0 spiro atoms. The second-order valence-corrected chi connectivity index (χ2v) is 7.17. The minimum absolute atomic E-state index is 0.0396. The van der Waals surface area contributed by atoms with Gasteiger partial charge in [-0.15, -0.1) is 0 Å². The molecule has 0 N–H and O–H groups in total. The molecule has 2 aliphatic heterocycles. The third kappa shape index (κ3) is 3.47. The summed E-state index contributed by atoms with van der Waals surface area (Å²) >= 11 is 0. The van der Waals surface area contributed by atoms with Crippen molar-refractivity contribution in [3.8, 4) is 5.75 Å². The maximum Gasteiger partial charge on any atom is 0.348 e. The van der Waals surface area contributed by atoms with Gasteiger partial charge in [0.05, 0.1) is 5.54 Å². The van der Waals surface area contributed by atoms with Gasteiger partial charge in [-0.1, -0.05) is 25.5 Å². The first kappa shape index (κ1) is 17.7. The Morgan fingerprint density at radius 3 is 2.92 bits per heavy atom. The lowest BCUT2D eigenvalue weighted by Crippen LogP contribution is -2.44. The first-order valence-electron chi connectivity index (χ1n) is 8.90. The summed E-state index contributed by atoms with van der Waals surface area (Å²) in [6.07, 6.45) is 5.58. The number of likely N-dealkylation sites (tertiary alicyclic amines) is 1. The van der Waals surface area contributed by atoms with Crippen molar-refractivity contribution in [1.82, 2.24) is 4.90 Å². The Labute approximate surface area is 148 Å². The number of fused-ring (bicyclic) bond motifs is 1. The molecular weight excluding hydrogens is 318 g/mol. The Morgan fingerprint density at radius 2 is 2.20 bits per heavy atom. The Kier molecular flexibility index (Phi) is 4.95. The second kappa shape index (κ2) is 7.00. The highest BCUT2D eigenvalue weighted by Gasteiger charge is 2.36. The Hall–Kier alpha value is -2.14. The van der Waals surface area contributed by atoms with E-state index >= 15 is 0 Å². The molecule has 5 nitrogen and oxygen atoms in total. The summed E-state index contributed by atoms with van der Waals surface area (Å²) in [5, 5.41) is 0. The van der Waals surface area contributed by atoms with Crippen molar-refractivity contribution in [2.45, 2.75) is 51.7 Å². The van der Waals surface area contributed by atoms with E-state index in [0.29, 0.717) is 23.6 Å². The van der Waals surface area contributed by atoms with Crippen molar-refractivity contribution in [3.05, 3.63) is 35.4 Å². The van der Waals surface area contributed by atoms with Crippen molar-refractivity contribution >= 4 is 18.0 Å². The zero-order valence-corrected chi connectivity index (χ0v) is 15.1. The number of benzene rings is 1. The lowest BCUT2D eigenvalue weighted by atomic mass is 10.1. The number of cyclic esters (lactones) is 1. The Balaban J connectivity index is 1.79. The third-order valence-electron chi connectivity index (χ3n) is 4.86. The highest BCUT2D eigenvalue weighted by atomic mass is 16.5. The highest BCUT2D eigenvalue weighted by Crippen LogP contribution is 2.37. The lowest BCUT2D eigenvalue weighted by Gasteiger charge is -2.29. The summed E-state index contributed by atoms with van der Waals surface area (Å²) in [6, 6.07) is 5.60. The number of hydrogen-bond donors (Lipinski definition) is 0. The summed E-state index contributed by atoms with van der Waals surface area (Å²) in [5.41, 5.74) is 0.822. The van der Waals surface area contributed by atoms with Gasteiger partial charge in [-0.05, 0) is 38.8 Å². The molecular formula is C20H25NO4. The van der Waals surface area contributed by atoms with Crippen molar-refractivity contribution < 1.29 is 19.1 Å². The van der Waals surface area contributed by atoms with Crippen LogP contribution in [0.15, 0.2) is 24.3 Å². The molecule has 0 aliphatic carbocycles. The van der Waals surface area contributed by atoms with Crippen LogP contribution in [0, 0.1) is 0 Å². The summed E-state index contributed by atoms with van der Waals surface area (Å²) in [5.74, 6) is 0.844. The van der Waals surface area contributed by atoms with Crippen LogP contribution in [0.1, 0.15) is 56.0 Å². The molecule has 0 aromatic heterocycles. The average molecular weight is 343 g/mol. The molecule has 2 aliphatic rings. The highest BCUT2D eigenvalue weighted by molar-refractivity contribution is 6.05. The molecule has 1 atom stereocenters. The van der Waals surface area contributed by atoms with Crippen molar-refractivity contribution in [3.63, 3.8) is 0 Å². The van der Waals surface area contributed by atoms with Crippen LogP contribution in [0.3, 0.4) is 0 Å². The van der Waals surface area contributed by atoms with Gasteiger partial charge in [-0.2, -0.15) is 0 Å². The molecule has 2 heterocycles. The first-order valence-corrected chi connectivity index (χ1v) is 8.90. The fourth-order valence-electron chi connectivity index (χ4n) is 3.28. The van der Waals surface area contributed by atoms with Gasteiger partial charge in [-0.25, -0.2) is 4.79 Å². The van der Waals surface area contributed by atoms with Gasteiger partial charge in [0, 0.05) is 18.7 Å². The van der Waals surface area contributed by atoms with Crippen LogP contribution in [0.25, 0.3) is 5.76 Å². The van der Waals surface area contributed by atoms with Crippen LogP contribution >= 0.6 is 0 Å². The predicted octanol–water partition coefficient (Wildman–Crippen LogP) is 3.43. The summed E-state index contributed by atoms with van der Waals surface area (Å²) in [7, 11) is 0. The molecule has 1 aromatic rings. The molecule has 5 heteroatoms. The molecule has 0 saturated carbocycles. The van der Waals surface area contributed by atoms with Crippen LogP contribution in [-0.2, 0) is 9.53 Å². The first-order chi connectivity index (χ1) is 12.0. The Bertz CT molecular complexity index is 708. The zero-order valence-electron chi connectivity index (χ0n) is 15.1. The molecule has 1 saturated heterocycles. The van der Waals surface area contributed by atoms with Gasteiger partial charge in [-0.3, -0.25) is 4.90 Å². The predicted molar refractivity (Wildman–Crippen MR) is 95.5 cm³/mol. The van der Waals surface area contributed by atoms with Crippen molar-refractivity contribution in [1.29, 1.82) is 0 Å². The van der Waals surface area contributed by atoms with Gasteiger partial charge in [0.15, 0.2) is 0 Å². The Morgan fingerprint density at radius 1 is 1.40 bits per heavy atom. The number of aldehydes is 1. The largest absolute Gasteiger partial charge is 0.488 e. The van der Waals surface area contributed by atoms with E-state index in [4.69, 9.17) is 9.47 Å². The SMILES string of the molecule is CCC/C=C1\OC(=O)c2c(OC3CCN(C(C)(C)C=O)C3)cccc21. The van der Waals surface area contributed by atoms with E-state index in [0.717, 1.165) is 37.7 Å². The molecule has 3 rings (SSSR count). The van der Waals surface area contributed by atoms with E-state index in [1.54, 1.807) is 0 Å². The lowest BCUT2D eigenvalue weighted by molar-refractivity contribution is -0.116. The van der Waals surface area contributed by atoms with Gasteiger partial charge >= 0.3 is 5.97 Å². The smallest absolute Gasteiger partial charge is 0.348 e.